The monoisotopic (exact) mass is 273 g/mol. The topological polar surface area (TPSA) is 20.3 Å². The summed E-state index contributed by atoms with van der Waals surface area (Å²) >= 11 is 5.48. The van der Waals surface area contributed by atoms with Gasteiger partial charge in [-0.15, -0.1) is 0 Å². The molecule has 4 atom stereocenters. The standard InChI is InChI=1S/C16H16ClNO/c17-16(19)10-3-5-13(6-4-10)18-8-14-11-1-2-12(7-11)15(14)9-18/h1-6,11-12,14-15H,7-9H2/t11-,12+,14-,15+. The van der Waals surface area contributed by atoms with Crippen LogP contribution < -0.4 is 4.90 Å². The third-order valence-electron chi connectivity index (χ3n) is 5.12. The normalized spacial score (nSPS) is 34.9. The molecule has 0 aromatic heterocycles. The molecular formula is C16H16ClNO. The molecule has 1 heterocycles. The number of hydrogen-bond donors (Lipinski definition) is 0. The highest BCUT2D eigenvalue weighted by molar-refractivity contribution is 6.67. The summed E-state index contributed by atoms with van der Waals surface area (Å²) in [5, 5.41) is -0.382. The van der Waals surface area contributed by atoms with Crippen molar-refractivity contribution in [1.29, 1.82) is 0 Å². The number of hydrogen-bond acceptors (Lipinski definition) is 2. The third kappa shape index (κ3) is 1.73. The number of halogens is 1. The number of allylic oxidation sites excluding steroid dienone is 2. The van der Waals surface area contributed by atoms with Crippen molar-refractivity contribution in [2.45, 2.75) is 6.42 Å². The molecule has 2 aliphatic carbocycles. The number of carbonyl (C=O) groups is 1. The summed E-state index contributed by atoms with van der Waals surface area (Å²) in [6, 6.07) is 7.69. The minimum atomic E-state index is -0.382. The smallest absolute Gasteiger partial charge is 0.252 e. The number of rotatable bonds is 2. The van der Waals surface area contributed by atoms with E-state index >= 15 is 0 Å². The van der Waals surface area contributed by atoms with Crippen LogP contribution in [0, 0.1) is 23.7 Å². The molecule has 0 N–H and O–H groups in total. The maximum Gasteiger partial charge on any atom is 0.252 e. The zero-order chi connectivity index (χ0) is 13.0. The van der Waals surface area contributed by atoms with Gasteiger partial charge in [-0.3, -0.25) is 4.79 Å². The fraction of sp³-hybridized carbons (Fsp3) is 0.438. The number of anilines is 1. The molecule has 1 aromatic rings. The van der Waals surface area contributed by atoms with Crippen LogP contribution in [0.25, 0.3) is 0 Å². The van der Waals surface area contributed by atoms with Crippen molar-refractivity contribution in [2.24, 2.45) is 23.7 Å². The second kappa shape index (κ2) is 4.11. The molecule has 2 fully saturated rings. The molecule has 98 valence electrons. The van der Waals surface area contributed by atoms with Crippen molar-refractivity contribution >= 4 is 22.5 Å². The molecule has 19 heavy (non-hydrogen) atoms. The van der Waals surface area contributed by atoms with Crippen LogP contribution in [0.4, 0.5) is 5.69 Å². The van der Waals surface area contributed by atoms with Crippen LogP contribution in [0.1, 0.15) is 16.8 Å². The Balaban J connectivity index is 1.54. The Hall–Kier alpha value is -1.28. The summed E-state index contributed by atoms with van der Waals surface area (Å²) in [7, 11) is 0. The highest BCUT2D eigenvalue weighted by Crippen LogP contribution is 2.51. The van der Waals surface area contributed by atoms with E-state index in [1.807, 2.05) is 24.3 Å². The zero-order valence-corrected chi connectivity index (χ0v) is 11.4. The lowest BCUT2D eigenvalue weighted by Crippen LogP contribution is -2.22. The molecule has 2 nitrogen and oxygen atoms in total. The zero-order valence-electron chi connectivity index (χ0n) is 10.6. The first-order valence-corrected chi connectivity index (χ1v) is 7.33. The van der Waals surface area contributed by atoms with Crippen LogP contribution in [-0.2, 0) is 0 Å². The van der Waals surface area contributed by atoms with Crippen molar-refractivity contribution in [1.82, 2.24) is 0 Å². The second-order valence-electron chi connectivity index (χ2n) is 6.00. The van der Waals surface area contributed by atoms with Gasteiger partial charge in [-0.25, -0.2) is 0 Å². The molecule has 3 aliphatic rings. The molecule has 1 saturated carbocycles. The maximum absolute atomic E-state index is 11.1. The van der Waals surface area contributed by atoms with Crippen molar-refractivity contribution in [3.8, 4) is 0 Å². The summed E-state index contributed by atoms with van der Waals surface area (Å²) < 4.78 is 0. The molecule has 1 aromatic carbocycles. The maximum atomic E-state index is 11.1. The molecule has 4 rings (SSSR count). The summed E-state index contributed by atoms with van der Waals surface area (Å²) in [6.45, 7) is 2.31. The van der Waals surface area contributed by atoms with E-state index in [9.17, 15) is 4.79 Å². The van der Waals surface area contributed by atoms with E-state index < -0.39 is 0 Å². The molecule has 1 aliphatic heterocycles. The second-order valence-corrected chi connectivity index (χ2v) is 6.34. The van der Waals surface area contributed by atoms with Gasteiger partial charge in [-0.05, 0) is 66.0 Å². The van der Waals surface area contributed by atoms with Crippen LogP contribution >= 0.6 is 11.6 Å². The van der Waals surface area contributed by atoms with Gasteiger partial charge in [0.15, 0.2) is 0 Å². The largest absolute Gasteiger partial charge is 0.371 e. The number of benzene rings is 1. The number of nitrogens with zero attached hydrogens (tertiary/aromatic N) is 1. The molecule has 0 radical (unpaired) electrons. The summed E-state index contributed by atoms with van der Waals surface area (Å²) in [6.07, 6.45) is 6.22. The first kappa shape index (κ1) is 11.5. The van der Waals surface area contributed by atoms with Crippen molar-refractivity contribution in [2.75, 3.05) is 18.0 Å². The van der Waals surface area contributed by atoms with Gasteiger partial charge in [0, 0.05) is 24.3 Å². The fourth-order valence-corrected chi connectivity index (χ4v) is 4.29. The Morgan fingerprint density at radius 1 is 1.05 bits per heavy atom. The highest BCUT2D eigenvalue weighted by Gasteiger charge is 2.49. The van der Waals surface area contributed by atoms with Crippen LogP contribution in [-0.4, -0.2) is 18.3 Å². The molecule has 2 bridgehead atoms. The van der Waals surface area contributed by atoms with Gasteiger partial charge in [0.1, 0.15) is 0 Å². The van der Waals surface area contributed by atoms with Gasteiger partial charge in [-0.2, -0.15) is 0 Å². The summed E-state index contributed by atoms with van der Waals surface area (Å²) in [5.41, 5.74) is 1.79. The molecule has 1 saturated heterocycles. The van der Waals surface area contributed by atoms with Crippen LogP contribution in [0.3, 0.4) is 0 Å². The Morgan fingerprint density at radius 2 is 1.63 bits per heavy atom. The third-order valence-corrected chi connectivity index (χ3v) is 5.34. The van der Waals surface area contributed by atoms with E-state index in [2.05, 4.69) is 17.1 Å². The van der Waals surface area contributed by atoms with Gasteiger partial charge in [0.2, 0.25) is 0 Å². The summed E-state index contributed by atoms with van der Waals surface area (Å²) in [4.78, 5) is 13.5. The predicted octanol–water partition coefficient (Wildman–Crippen LogP) is 3.32. The lowest BCUT2D eigenvalue weighted by Gasteiger charge is -2.20. The van der Waals surface area contributed by atoms with Gasteiger partial charge in [0.05, 0.1) is 0 Å². The van der Waals surface area contributed by atoms with Crippen molar-refractivity contribution in [3.05, 3.63) is 42.0 Å². The van der Waals surface area contributed by atoms with Gasteiger partial charge < -0.3 is 4.90 Å². The minimum absolute atomic E-state index is 0.382. The average Bonchev–Trinajstić information content (AvgIpc) is 3.11. The molecule has 3 heteroatoms. The molecule has 0 unspecified atom stereocenters. The van der Waals surface area contributed by atoms with E-state index in [0.717, 1.165) is 36.8 Å². The molecular weight excluding hydrogens is 258 g/mol. The van der Waals surface area contributed by atoms with Crippen LogP contribution in [0.2, 0.25) is 0 Å². The molecule has 0 spiro atoms. The van der Waals surface area contributed by atoms with Gasteiger partial charge >= 0.3 is 0 Å². The van der Waals surface area contributed by atoms with Crippen LogP contribution in [0.15, 0.2) is 36.4 Å². The lowest BCUT2D eigenvalue weighted by atomic mass is 9.86. The number of fused-ring (bicyclic) bond motifs is 5. The lowest BCUT2D eigenvalue weighted by molar-refractivity contribution is 0.108. The minimum Gasteiger partial charge on any atom is -0.371 e. The Kier molecular flexibility index (Phi) is 2.49. The van der Waals surface area contributed by atoms with E-state index in [0.29, 0.717) is 5.56 Å². The van der Waals surface area contributed by atoms with Gasteiger partial charge in [0.25, 0.3) is 5.24 Å². The highest BCUT2D eigenvalue weighted by atomic mass is 35.5. The van der Waals surface area contributed by atoms with Gasteiger partial charge in [-0.1, -0.05) is 12.2 Å². The average molecular weight is 274 g/mol. The van der Waals surface area contributed by atoms with Crippen molar-refractivity contribution < 1.29 is 4.79 Å². The predicted molar refractivity (Wildman–Crippen MR) is 76.6 cm³/mol. The SMILES string of the molecule is O=C(Cl)c1ccc(N2C[C@@H]3[C@H](C2)[C@@H]2C=C[C@H]3C2)cc1. The van der Waals surface area contributed by atoms with Crippen molar-refractivity contribution in [3.63, 3.8) is 0 Å². The summed E-state index contributed by atoms with van der Waals surface area (Å²) in [5.74, 6) is 3.29. The fourth-order valence-electron chi connectivity index (χ4n) is 4.17. The van der Waals surface area contributed by atoms with E-state index in [4.69, 9.17) is 11.6 Å². The van der Waals surface area contributed by atoms with E-state index in [-0.39, 0.29) is 5.24 Å². The van der Waals surface area contributed by atoms with Crippen LogP contribution in [0.5, 0.6) is 0 Å². The molecule has 0 amide bonds. The Morgan fingerprint density at radius 3 is 2.16 bits per heavy atom. The quantitative estimate of drug-likeness (QED) is 0.609. The van der Waals surface area contributed by atoms with E-state index in [1.165, 1.54) is 12.1 Å². The van der Waals surface area contributed by atoms with E-state index in [1.54, 1.807) is 0 Å². The number of carbonyl (C=O) groups excluding carboxylic acids is 1. The Labute approximate surface area is 118 Å². The first-order chi connectivity index (χ1) is 9.22. The first-order valence-electron chi connectivity index (χ1n) is 6.95. The Bertz CT molecular complexity index is 530.